The highest BCUT2D eigenvalue weighted by atomic mass is 16.1. The van der Waals surface area contributed by atoms with Gasteiger partial charge in [0.25, 0.3) is 0 Å². The van der Waals surface area contributed by atoms with Gasteiger partial charge in [0.1, 0.15) is 5.78 Å². The van der Waals surface area contributed by atoms with E-state index in [1.165, 1.54) is 38.5 Å². The first-order valence-electron chi connectivity index (χ1n) is 6.76. The summed E-state index contributed by atoms with van der Waals surface area (Å²) in [6.45, 7) is 4.44. The van der Waals surface area contributed by atoms with Crippen molar-refractivity contribution >= 4 is 5.78 Å². The van der Waals surface area contributed by atoms with E-state index in [1.807, 2.05) is 0 Å². The molecule has 0 saturated heterocycles. The molecule has 2 fully saturated rings. The maximum absolute atomic E-state index is 12.1. The van der Waals surface area contributed by atoms with Gasteiger partial charge in [-0.2, -0.15) is 0 Å². The molecule has 0 heterocycles. The number of Topliss-reactive ketones (excluding diaryl/α,β-unsaturated/α-hetero) is 1. The molecule has 2 rings (SSSR count). The SMILES string of the molecule is CCCC(C)CC(=O)C1C2CCCCC21. The van der Waals surface area contributed by atoms with Crippen LogP contribution in [0.5, 0.6) is 0 Å². The van der Waals surface area contributed by atoms with Crippen LogP contribution in [0.1, 0.15) is 58.8 Å². The molecule has 1 heteroatoms. The third kappa shape index (κ3) is 2.43. The second-order valence-corrected chi connectivity index (χ2v) is 5.70. The zero-order valence-electron chi connectivity index (χ0n) is 10.2. The minimum absolute atomic E-state index is 0.492. The Kier molecular flexibility index (Phi) is 3.48. The van der Waals surface area contributed by atoms with E-state index in [-0.39, 0.29) is 0 Å². The summed E-state index contributed by atoms with van der Waals surface area (Å²) in [5.74, 6) is 3.31. The molecule has 0 bridgehead atoms. The average molecular weight is 208 g/mol. The fourth-order valence-corrected chi connectivity index (χ4v) is 3.54. The van der Waals surface area contributed by atoms with Gasteiger partial charge >= 0.3 is 0 Å². The monoisotopic (exact) mass is 208 g/mol. The van der Waals surface area contributed by atoms with Crippen LogP contribution in [0.3, 0.4) is 0 Å². The van der Waals surface area contributed by atoms with Crippen molar-refractivity contribution in [1.82, 2.24) is 0 Å². The Hall–Kier alpha value is -0.330. The van der Waals surface area contributed by atoms with Crippen LogP contribution in [-0.2, 0) is 4.79 Å². The highest BCUT2D eigenvalue weighted by Crippen LogP contribution is 2.56. The Bertz CT molecular complexity index is 221. The van der Waals surface area contributed by atoms with Gasteiger partial charge in [-0.25, -0.2) is 0 Å². The van der Waals surface area contributed by atoms with Crippen LogP contribution in [-0.4, -0.2) is 5.78 Å². The molecule has 0 radical (unpaired) electrons. The maximum Gasteiger partial charge on any atom is 0.136 e. The van der Waals surface area contributed by atoms with Crippen LogP contribution in [0.4, 0.5) is 0 Å². The van der Waals surface area contributed by atoms with Gasteiger partial charge in [0, 0.05) is 12.3 Å². The zero-order chi connectivity index (χ0) is 10.8. The first-order chi connectivity index (χ1) is 7.24. The lowest BCUT2D eigenvalue weighted by Crippen LogP contribution is -2.09. The van der Waals surface area contributed by atoms with Crippen LogP contribution >= 0.6 is 0 Å². The predicted molar refractivity (Wildman–Crippen MR) is 62.6 cm³/mol. The second-order valence-electron chi connectivity index (χ2n) is 5.70. The molecule has 2 saturated carbocycles. The number of ketones is 1. The highest BCUT2D eigenvalue weighted by Gasteiger charge is 2.53. The van der Waals surface area contributed by atoms with E-state index in [0.29, 0.717) is 17.6 Å². The van der Waals surface area contributed by atoms with E-state index in [2.05, 4.69) is 13.8 Å². The van der Waals surface area contributed by atoms with Gasteiger partial charge in [-0.3, -0.25) is 4.79 Å². The van der Waals surface area contributed by atoms with E-state index >= 15 is 0 Å². The molecule has 0 aromatic rings. The van der Waals surface area contributed by atoms with Crippen molar-refractivity contribution in [3.63, 3.8) is 0 Å². The van der Waals surface area contributed by atoms with Crippen molar-refractivity contribution in [2.75, 3.05) is 0 Å². The number of hydrogen-bond acceptors (Lipinski definition) is 1. The van der Waals surface area contributed by atoms with Crippen molar-refractivity contribution < 1.29 is 4.79 Å². The summed E-state index contributed by atoms with van der Waals surface area (Å²) < 4.78 is 0. The third-order valence-electron chi connectivity index (χ3n) is 4.36. The molecule has 1 nitrogen and oxygen atoms in total. The minimum Gasteiger partial charge on any atom is -0.299 e. The first-order valence-corrected chi connectivity index (χ1v) is 6.76. The summed E-state index contributed by atoms with van der Waals surface area (Å²) in [5.41, 5.74) is 0. The van der Waals surface area contributed by atoms with Gasteiger partial charge < -0.3 is 0 Å². The zero-order valence-corrected chi connectivity index (χ0v) is 10.2. The Labute approximate surface area is 93.6 Å². The summed E-state index contributed by atoms with van der Waals surface area (Å²) in [7, 11) is 0. The molecule has 0 aromatic carbocycles. The van der Waals surface area contributed by atoms with E-state index in [4.69, 9.17) is 0 Å². The van der Waals surface area contributed by atoms with Gasteiger partial charge in [0.15, 0.2) is 0 Å². The quantitative estimate of drug-likeness (QED) is 0.671. The fraction of sp³-hybridized carbons (Fsp3) is 0.929. The normalized spacial score (nSPS) is 35.7. The minimum atomic E-state index is 0.492. The van der Waals surface area contributed by atoms with E-state index in [9.17, 15) is 4.79 Å². The molecule has 0 aliphatic heterocycles. The standard InChI is InChI=1S/C14H24O/c1-3-6-10(2)9-13(15)14-11-7-4-5-8-12(11)14/h10-12,14H,3-9H2,1-2H3. The largest absolute Gasteiger partial charge is 0.299 e. The molecular weight excluding hydrogens is 184 g/mol. The summed E-state index contributed by atoms with van der Waals surface area (Å²) in [4.78, 5) is 12.1. The Balaban J connectivity index is 1.77. The fourth-order valence-electron chi connectivity index (χ4n) is 3.54. The molecule has 15 heavy (non-hydrogen) atoms. The number of carbonyl (C=O) groups is 1. The molecule has 0 aromatic heterocycles. The number of carbonyl (C=O) groups excluding carboxylic acids is 1. The molecule has 3 atom stereocenters. The van der Waals surface area contributed by atoms with Gasteiger partial charge in [-0.15, -0.1) is 0 Å². The summed E-state index contributed by atoms with van der Waals surface area (Å²) >= 11 is 0. The molecule has 2 aliphatic carbocycles. The van der Waals surface area contributed by atoms with Crippen LogP contribution in [0, 0.1) is 23.7 Å². The van der Waals surface area contributed by atoms with Crippen LogP contribution in [0.15, 0.2) is 0 Å². The Morgan fingerprint density at radius 1 is 1.27 bits per heavy atom. The van der Waals surface area contributed by atoms with Gasteiger partial charge in [0.05, 0.1) is 0 Å². The van der Waals surface area contributed by atoms with Crippen LogP contribution in [0.25, 0.3) is 0 Å². The lowest BCUT2D eigenvalue weighted by molar-refractivity contribution is -0.121. The van der Waals surface area contributed by atoms with E-state index in [0.717, 1.165) is 18.3 Å². The number of fused-ring (bicyclic) bond motifs is 1. The Morgan fingerprint density at radius 2 is 1.87 bits per heavy atom. The van der Waals surface area contributed by atoms with Crippen molar-refractivity contribution in [3.8, 4) is 0 Å². The van der Waals surface area contributed by atoms with Crippen molar-refractivity contribution in [1.29, 1.82) is 0 Å². The molecule has 3 unspecified atom stereocenters. The average Bonchev–Trinajstić information content (AvgIpc) is 2.91. The van der Waals surface area contributed by atoms with Crippen LogP contribution < -0.4 is 0 Å². The molecule has 86 valence electrons. The van der Waals surface area contributed by atoms with Gasteiger partial charge in [-0.05, 0) is 30.6 Å². The molecular formula is C14H24O. The molecule has 0 amide bonds. The third-order valence-corrected chi connectivity index (χ3v) is 4.36. The molecule has 0 N–H and O–H groups in total. The Morgan fingerprint density at radius 3 is 2.40 bits per heavy atom. The van der Waals surface area contributed by atoms with E-state index in [1.54, 1.807) is 0 Å². The summed E-state index contributed by atoms with van der Waals surface area (Å²) in [6, 6.07) is 0. The summed E-state index contributed by atoms with van der Waals surface area (Å²) in [6.07, 6.45) is 8.70. The van der Waals surface area contributed by atoms with E-state index < -0.39 is 0 Å². The topological polar surface area (TPSA) is 17.1 Å². The smallest absolute Gasteiger partial charge is 0.136 e. The molecule has 0 spiro atoms. The van der Waals surface area contributed by atoms with Crippen molar-refractivity contribution in [2.24, 2.45) is 23.7 Å². The van der Waals surface area contributed by atoms with Crippen molar-refractivity contribution in [2.45, 2.75) is 58.8 Å². The lowest BCUT2D eigenvalue weighted by atomic mass is 9.97. The van der Waals surface area contributed by atoms with Gasteiger partial charge in [0.2, 0.25) is 0 Å². The predicted octanol–water partition coefficient (Wildman–Crippen LogP) is 3.82. The first kappa shape index (κ1) is 11.2. The van der Waals surface area contributed by atoms with Crippen molar-refractivity contribution in [3.05, 3.63) is 0 Å². The molecule has 2 aliphatic rings. The van der Waals surface area contributed by atoms with Gasteiger partial charge in [-0.1, -0.05) is 39.5 Å². The van der Waals surface area contributed by atoms with Crippen LogP contribution in [0.2, 0.25) is 0 Å². The number of rotatable bonds is 5. The lowest BCUT2D eigenvalue weighted by Gasteiger charge is -2.08. The number of hydrogen-bond donors (Lipinski definition) is 0. The maximum atomic E-state index is 12.1. The summed E-state index contributed by atoms with van der Waals surface area (Å²) in [5, 5.41) is 0. The second kappa shape index (κ2) is 4.67. The highest BCUT2D eigenvalue weighted by molar-refractivity contribution is 5.84.